The molecule has 2 rings (SSSR count). The zero-order valence-corrected chi connectivity index (χ0v) is 12.0. The van der Waals surface area contributed by atoms with Crippen LogP contribution >= 0.6 is 0 Å². The van der Waals surface area contributed by atoms with Crippen molar-refractivity contribution in [2.24, 2.45) is 0 Å². The van der Waals surface area contributed by atoms with Crippen molar-refractivity contribution in [1.82, 2.24) is 0 Å². The van der Waals surface area contributed by atoms with E-state index < -0.39 is 15.8 Å². The van der Waals surface area contributed by atoms with Crippen molar-refractivity contribution in [2.45, 2.75) is 4.90 Å². The summed E-state index contributed by atoms with van der Waals surface area (Å²) in [4.78, 5) is 11.8. The molecule has 0 aromatic heterocycles. The van der Waals surface area contributed by atoms with E-state index in [-0.39, 0.29) is 10.5 Å². The molecule has 0 saturated heterocycles. The van der Waals surface area contributed by atoms with Gasteiger partial charge in [0.05, 0.1) is 17.6 Å². The SMILES string of the molecule is COC(=O)c1cc(-c2ccccc2)cc(S(C)(=O)=O)c1. The lowest BCUT2D eigenvalue weighted by Gasteiger charge is -2.08. The van der Waals surface area contributed by atoms with Crippen molar-refractivity contribution < 1.29 is 17.9 Å². The maximum atomic E-state index is 11.7. The van der Waals surface area contributed by atoms with E-state index in [4.69, 9.17) is 0 Å². The molecule has 0 atom stereocenters. The zero-order chi connectivity index (χ0) is 14.8. The number of methoxy groups -OCH3 is 1. The molecular weight excluding hydrogens is 276 g/mol. The largest absolute Gasteiger partial charge is 0.465 e. The number of sulfone groups is 1. The van der Waals surface area contributed by atoms with Crippen LogP contribution in [0.1, 0.15) is 10.4 Å². The van der Waals surface area contributed by atoms with Crippen LogP contribution in [0.3, 0.4) is 0 Å². The maximum absolute atomic E-state index is 11.7. The van der Waals surface area contributed by atoms with E-state index >= 15 is 0 Å². The van der Waals surface area contributed by atoms with Gasteiger partial charge < -0.3 is 4.74 Å². The maximum Gasteiger partial charge on any atom is 0.337 e. The zero-order valence-electron chi connectivity index (χ0n) is 11.2. The van der Waals surface area contributed by atoms with Gasteiger partial charge in [-0.3, -0.25) is 0 Å². The fourth-order valence-electron chi connectivity index (χ4n) is 1.85. The van der Waals surface area contributed by atoms with E-state index in [9.17, 15) is 13.2 Å². The second kappa shape index (κ2) is 5.46. The van der Waals surface area contributed by atoms with Gasteiger partial charge in [-0.1, -0.05) is 30.3 Å². The minimum atomic E-state index is -3.41. The van der Waals surface area contributed by atoms with Crippen LogP contribution in [0.5, 0.6) is 0 Å². The Kier molecular flexibility index (Phi) is 3.90. The average Bonchev–Trinajstić information content (AvgIpc) is 2.46. The number of rotatable bonds is 3. The first-order valence-electron chi connectivity index (χ1n) is 5.90. The van der Waals surface area contributed by atoms with Crippen molar-refractivity contribution in [3.8, 4) is 11.1 Å². The Morgan fingerprint density at radius 3 is 2.20 bits per heavy atom. The number of hydrogen-bond acceptors (Lipinski definition) is 4. The van der Waals surface area contributed by atoms with Crippen LogP contribution in [0.2, 0.25) is 0 Å². The van der Waals surface area contributed by atoms with Crippen LogP contribution in [-0.2, 0) is 14.6 Å². The third-order valence-corrected chi connectivity index (χ3v) is 3.95. The molecular formula is C15H14O4S. The monoisotopic (exact) mass is 290 g/mol. The quantitative estimate of drug-likeness (QED) is 0.815. The topological polar surface area (TPSA) is 60.4 Å². The number of ether oxygens (including phenoxy) is 1. The highest BCUT2D eigenvalue weighted by atomic mass is 32.2. The highest BCUT2D eigenvalue weighted by Gasteiger charge is 2.15. The number of benzene rings is 2. The van der Waals surface area contributed by atoms with Crippen molar-refractivity contribution in [3.63, 3.8) is 0 Å². The molecule has 20 heavy (non-hydrogen) atoms. The molecule has 0 bridgehead atoms. The Bertz CT molecular complexity index is 734. The molecule has 0 N–H and O–H groups in total. The van der Waals surface area contributed by atoms with Crippen LogP contribution in [0.25, 0.3) is 11.1 Å². The summed E-state index contributed by atoms with van der Waals surface area (Å²) in [5.41, 5.74) is 1.71. The fourth-order valence-corrected chi connectivity index (χ4v) is 2.53. The van der Waals surface area contributed by atoms with E-state index in [2.05, 4.69) is 4.74 Å². The van der Waals surface area contributed by atoms with Crippen LogP contribution in [-0.4, -0.2) is 27.8 Å². The van der Waals surface area contributed by atoms with Crippen LogP contribution in [0.15, 0.2) is 53.4 Å². The molecule has 0 saturated carbocycles. The molecule has 4 nitrogen and oxygen atoms in total. The van der Waals surface area contributed by atoms with Crippen molar-refractivity contribution >= 4 is 15.8 Å². The summed E-state index contributed by atoms with van der Waals surface area (Å²) in [5, 5.41) is 0. The minimum Gasteiger partial charge on any atom is -0.465 e. The lowest BCUT2D eigenvalue weighted by molar-refractivity contribution is 0.0600. The molecule has 0 radical (unpaired) electrons. The minimum absolute atomic E-state index is 0.0965. The molecule has 0 aliphatic carbocycles. The smallest absolute Gasteiger partial charge is 0.337 e. The van der Waals surface area contributed by atoms with Crippen LogP contribution in [0, 0.1) is 0 Å². The van der Waals surface area contributed by atoms with E-state index in [0.29, 0.717) is 5.56 Å². The van der Waals surface area contributed by atoms with E-state index in [0.717, 1.165) is 11.8 Å². The summed E-state index contributed by atoms with van der Waals surface area (Å²) in [6.07, 6.45) is 1.11. The summed E-state index contributed by atoms with van der Waals surface area (Å²) in [5.74, 6) is -0.562. The lowest BCUT2D eigenvalue weighted by Crippen LogP contribution is -2.05. The first-order valence-corrected chi connectivity index (χ1v) is 7.80. The van der Waals surface area contributed by atoms with E-state index in [1.807, 2.05) is 30.3 Å². The molecule has 2 aromatic carbocycles. The fraction of sp³-hybridized carbons (Fsp3) is 0.133. The number of hydrogen-bond donors (Lipinski definition) is 0. The summed E-state index contributed by atoms with van der Waals surface area (Å²) in [7, 11) is -2.14. The van der Waals surface area contributed by atoms with E-state index in [1.54, 1.807) is 12.1 Å². The van der Waals surface area contributed by atoms with Gasteiger partial charge in [-0.25, -0.2) is 13.2 Å². The number of carbonyl (C=O) groups is 1. The van der Waals surface area contributed by atoms with Gasteiger partial charge in [-0.2, -0.15) is 0 Å². The van der Waals surface area contributed by atoms with Gasteiger partial charge in [0, 0.05) is 6.26 Å². The van der Waals surface area contributed by atoms with Crippen LogP contribution in [0.4, 0.5) is 0 Å². The van der Waals surface area contributed by atoms with Gasteiger partial charge in [0.1, 0.15) is 0 Å². The summed E-state index contributed by atoms with van der Waals surface area (Å²) < 4.78 is 28.1. The van der Waals surface area contributed by atoms with E-state index in [1.165, 1.54) is 13.2 Å². The Morgan fingerprint density at radius 2 is 1.65 bits per heavy atom. The highest BCUT2D eigenvalue weighted by Crippen LogP contribution is 2.25. The average molecular weight is 290 g/mol. The molecule has 0 heterocycles. The second-order valence-corrected chi connectivity index (χ2v) is 6.39. The molecule has 2 aromatic rings. The van der Waals surface area contributed by atoms with Crippen LogP contribution < -0.4 is 0 Å². The molecule has 0 aliphatic heterocycles. The molecule has 0 fully saturated rings. The van der Waals surface area contributed by atoms with Crippen molar-refractivity contribution in [2.75, 3.05) is 13.4 Å². The molecule has 0 spiro atoms. The standard InChI is InChI=1S/C15H14O4S/c1-19-15(16)13-8-12(11-6-4-3-5-7-11)9-14(10-13)20(2,17)18/h3-10H,1-2H3. The van der Waals surface area contributed by atoms with Gasteiger partial charge in [0.15, 0.2) is 9.84 Å². The molecule has 104 valence electrons. The van der Waals surface area contributed by atoms with Gasteiger partial charge in [0.2, 0.25) is 0 Å². The van der Waals surface area contributed by atoms with Gasteiger partial charge in [-0.15, -0.1) is 0 Å². The lowest BCUT2D eigenvalue weighted by atomic mass is 10.0. The first-order chi connectivity index (χ1) is 9.41. The number of carbonyl (C=O) groups excluding carboxylic acids is 1. The molecule has 0 unspecified atom stereocenters. The highest BCUT2D eigenvalue weighted by molar-refractivity contribution is 7.90. The summed E-state index contributed by atoms with van der Waals surface area (Å²) in [6, 6.07) is 13.8. The van der Waals surface area contributed by atoms with Crippen molar-refractivity contribution in [1.29, 1.82) is 0 Å². The second-order valence-electron chi connectivity index (χ2n) is 4.38. The first kappa shape index (κ1) is 14.3. The molecule has 0 aliphatic rings. The third kappa shape index (κ3) is 3.05. The predicted octanol–water partition coefficient (Wildman–Crippen LogP) is 2.54. The molecule has 0 amide bonds. The van der Waals surface area contributed by atoms with Gasteiger partial charge >= 0.3 is 5.97 Å². The summed E-state index contributed by atoms with van der Waals surface area (Å²) in [6.45, 7) is 0. The Hall–Kier alpha value is -2.14. The Balaban J connectivity index is 2.67. The third-order valence-electron chi connectivity index (χ3n) is 2.86. The number of esters is 1. The Morgan fingerprint density at radius 1 is 1.00 bits per heavy atom. The Labute approximate surface area is 117 Å². The van der Waals surface area contributed by atoms with Crippen molar-refractivity contribution in [3.05, 3.63) is 54.1 Å². The predicted molar refractivity (Wildman–Crippen MR) is 76.3 cm³/mol. The van der Waals surface area contributed by atoms with Gasteiger partial charge in [-0.05, 0) is 29.3 Å². The van der Waals surface area contributed by atoms with Gasteiger partial charge in [0.25, 0.3) is 0 Å². The summed E-state index contributed by atoms with van der Waals surface area (Å²) >= 11 is 0. The normalized spacial score (nSPS) is 11.1. The molecule has 5 heteroatoms.